The second-order valence-electron chi connectivity index (χ2n) is 5.67. The van der Waals surface area contributed by atoms with Gasteiger partial charge in [0.05, 0.1) is 5.41 Å². The number of hydrogen-bond acceptors (Lipinski definition) is 1. The Kier molecular flexibility index (Phi) is 2.60. The van der Waals surface area contributed by atoms with Crippen molar-refractivity contribution in [3.8, 4) is 0 Å². The van der Waals surface area contributed by atoms with E-state index in [1.807, 2.05) is 0 Å². The van der Waals surface area contributed by atoms with Gasteiger partial charge in [0.2, 0.25) is 0 Å². The van der Waals surface area contributed by atoms with Gasteiger partial charge in [-0.05, 0) is 37.3 Å². The lowest BCUT2D eigenvalue weighted by molar-refractivity contribution is -0.129. The Morgan fingerprint density at radius 2 is 2.06 bits per heavy atom. The van der Waals surface area contributed by atoms with Crippen LogP contribution in [0.5, 0.6) is 0 Å². The van der Waals surface area contributed by atoms with Crippen molar-refractivity contribution in [3.05, 3.63) is 23.8 Å². The minimum absolute atomic E-state index is 0.0169. The van der Waals surface area contributed by atoms with Gasteiger partial charge in [0, 0.05) is 11.8 Å². The first-order chi connectivity index (χ1) is 7.45. The second-order valence-corrected chi connectivity index (χ2v) is 5.67. The zero-order valence-corrected chi connectivity index (χ0v) is 10.7. The molecule has 16 heavy (non-hydrogen) atoms. The van der Waals surface area contributed by atoms with Gasteiger partial charge in [0.1, 0.15) is 5.78 Å². The van der Waals surface area contributed by atoms with Crippen LogP contribution in [0.1, 0.15) is 52.9 Å². The molecule has 0 heterocycles. The van der Waals surface area contributed by atoms with Crippen LogP contribution in [0.15, 0.2) is 23.8 Å². The molecule has 2 rings (SSSR count). The first kappa shape index (κ1) is 11.6. The largest absolute Gasteiger partial charge is 0.299 e. The maximum Gasteiger partial charge on any atom is 0.143 e. The van der Waals surface area contributed by atoms with Crippen molar-refractivity contribution in [2.45, 2.75) is 52.9 Å². The lowest BCUT2D eigenvalue weighted by Crippen LogP contribution is -2.39. The lowest BCUT2D eigenvalue weighted by Gasteiger charge is -2.39. The highest BCUT2D eigenvalue weighted by Gasteiger charge is 2.54. The Labute approximate surface area is 98.6 Å². The third-order valence-corrected chi connectivity index (χ3v) is 4.91. The zero-order valence-electron chi connectivity index (χ0n) is 10.7. The van der Waals surface area contributed by atoms with Gasteiger partial charge in [-0.1, -0.05) is 32.9 Å². The molecule has 0 bridgehead atoms. The highest BCUT2D eigenvalue weighted by molar-refractivity contribution is 5.91. The van der Waals surface area contributed by atoms with Crippen molar-refractivity contribution in [1.82, 2.24) is 0 Å². The predicted octanol–water partition coefficient (Wildman–Crippen LogP) is 4.05. The molecule has 88 valence electrons. The summed E-state index contributed by atoms with van der Waals surface area (Å²) in [5, 5.41) is 0. The van der Waals surface area contributed by atoms with Gasteiger partial charge in [0.15, 0.2) is 0 Å². The number of Topliss-reactive ketones (excluding diaryl/α,β-unsaturated/α-hetero) is 1. The molecule has 1 nitrogen and oxygen atoms in total. The number of fused-ring (bicyclic) bond motifs is 1. The van der Waals surface area contributed by atoms with E-state index in [4.69, 9.17) is 0 Å². The van der Waals surface area contributed by atoms with Crippen LogP contribution in [0.25, 0.3) is 0 Å². The predicted molar refractivity (Wildman–Crippen MR) is 67.2 cm³/mol. The van der Waals surface area contributed by atoms with Crippen molar-refractivity contribution in [2.24, 2.45) is 10.8 Å². The standard InChI is InChI=1S/C15H22O/c1-5-12-10-14(3)9-7-6-8-13(16)15(14,4)11(12)2/h10H,2,5-9H2,1,3-4H3/t14-,15-/m1/s1. The summed E-state index contributed by atoms with van der Waals surface area (Å²) in [5.74, 6) is 0.400. The second kappa shape index (κ2) is 3.58. The van der Waals surface area contributed by atoms with E-state index >= 15 is 0 Å². The molecule has 0 aromatic rings. The topological polar surface area (TPSA) is 17.1 Å². The van der Waals surface area contributed by atoms with Crippen LogP contribution < -0.4 is 0 Å². The van der Waals surface area contributed by atoms with Gasteiger partial charge in [-0.2, -0.15) is 0 Å². The Balaban J connectivity index is 2.53. The van der Waals surface area contributed by atoms with Crippen molar-refractivity contribution in [3.63, 3.8) is 0 Å². The molecular weight excluding hydrogens is 196 g/mol. The van der Waals surface area contributed by atoms with Crippen LogP contribution in [0.3, 0.4) is 0 Å². The summed E-state index contributed by atoms with van der Waals surface area (Å²) in [4.78, 5) is 12.4. The summed E-state index contributed by atoms with van der Waals surface area (Å²) in [6.45, 7) is 10.7. The Morgan fingerprint density at radius 1 is 1.38 bits per heavy atom. The van der Waals surface area contributed by atoms with Gasteiger partial charge in [0.25, 0.3) is 0 Å². The molecule has 0 N–H and O–H groups in total. The number of allylic oxidation sites excluding steroid dienone is 3. The SMILES string of the molecule is C=C1C(CC)=C[C@@]2(C)CCCCC(=O)[C@@]12C. The summed E-state index contributed by atoms with van der Waals surface area (Å²) in [5.41, 5.74) is 2.09. The van der Waals surface area contributed by atoms with E-state index in [9.17, 15) is 4.79 Å². The van der Waals surface area contributed by atoms with E-state index in [0.29, 0.717) is 5.78 Å². The fourth-order valence-corrected chi connectivity index (χ4v) is 3.43. The van der Waals surface area contributed by atoms with E-state index in [1.165, 1.54) is 12.0 Å². The highest BCUT2D eigenvalue weighted by atomic mass is 16.1. The van der Waals surface area contributed by atoms with Crippen molar-refractivity contribution >= 4 is 5.78 Å². The molecule has 0 amide bonds. The van der Waals surface area contributed by atoms with Gasteiger partial charge in [-0.25, -0.2) is 0 Å². The van der Waals surface area contributed by atoms with Crippen LogP contribution in [-0.4, -0.2) is 5.78 Å². The molecule has 1 saturated carbocycles. The third kappa shape index (κ3) is 1.27. The average Bonchev–Trinajstić information content (AvgIpc) is 2.38. The first-order valence-corrected chi connectivity index (χ1v) is 6.40. The monoisotopic (exact) mass is 218 g/mol. The minimum Gasteiger partial charge on any atom is -0.299 e. The van der Waals surface area contributed by atoms with Gasteiger partial charge >= 0.3 is 0 Å². The molecule has 0 spiro atoms. The van der Waals surface area contributed by atoms with Crippen LogP contribution in [0.4, 0.5) is 0 Å². The zero-order chi connectivity index (χ0) is 12.0. The normalized spacial score (nSPS) is 39.3. The van der Waals surface area contributed by atoms with Crippen molar-refractivity contribution in [2.75, 3.05) is 0 Å². The maximum atomic E-state index is 12.4. The third-order valence-electron chi connectivity index (χ3n) is 4.91. The number of carbonyl (C=O) groups excluding carboxylic acids is 1. The van der Waals surface area contributed by atoms with E-state index < -0.39 is 0 Å². The fraction of sp³-hybridized carbons (Fsp3) is 0.667. The van der Waals surface area contributed by atoms with E-state index in [-0.39, 0.29) is 10.8 Å². The molecule has 2 atom stereocenters. The van der Waals surface area contributed by atoms with Crippen LogP contribution in [0.2, 0.25) is 0 Å². The fourth-order valence-electron chi connectivity index (χ4n) is 3.43. The van der Waals surface area contributed by atoms with Crippen molar-refractivity contribution < 1.29 is 4.79 Å². The molecule has 0 saturated heterocycles. The number of rotatable bonds is 1. The highest BCUT2D eigenvalue weighted by Crippen LogP contribution is 2.59. The smallest absolute Gasteiger partial charge is 0.143 e. The molecule has 0 aliphatic heterocycles. The average molecular weight is 218 g/mol. The number of ketones is 1. The van der Waals surface area contributed by atoms with E-state index in [2.05, 4.69) is 33.4 Å². The summed E-state index contributed by atoms with van der Waals surface area (Å²) < 4.78 is 0. The summed E-state index contributed by atoms with van der Waals surface area (Å²) in [6.07, 6.45) is 7.40. The minimum atomic E-state index is -0.325. The molecule has 1 fully saturated rings. The van der Waals surface area contributed by atoms with Crippen LogP contribution >= 0.6 is 0 Å². The van der Waals surface area contributed by atoms with Crippen LogP contribution in [-0.2, 0) is 4.79 Å². The number of hydrogen-bond donors (Lipinski definition) is 0. The van der Waals surface area contributed by atoms with Gasteiger partial charge < -0.3 is 0 Å². The quantitative estimate of drug-likeness (QED) is 0.649. The molecule has 2 aliphatic rings. The van der Waals surface area contributed by atoms with E-state index in [1.54, 1.807) is 0 Å². The summed E-state index contributed by atoms with van der Waals surface area (Å²) >= 11 is 0. The molecule has 0 unspecified atom stereocenters. The first-order valence-electron chi connectivity index (χ1n) is 6.40. The molecule has 0 aromatic carbocycles. The lowest BCUT2D eigenvalue weighted by atomic mass is 9.62. The Bertz CT molecular complexity index is 377. The van der Waals surface area contributed by atoms with Crippen molar-refractivity contribution in [1.29, 1.82) is 0 Å². The molecule has 0 radical (unpaired) electrons. The molecular formula is C15H22O. The molecule has 0 aromatic heterocycles. The molecule has 1 heteroatoms. The van der Waals surface area contributed by atoms with E-state index in [0.717, 1.165) is 31.3 Å². The van der Waals surface area contributed by atoms with Gasteiger partial charge in [-0.15, -0.1) is 0 Å². The van der Waals surface area contributed by atoms with Crippen LogP contribution in [0, 0.1) is 10.8 Å². The maximum absolute atomic E-state index is 12.4. The summed E-state index contributed by atoms with van der Waals surface area (Å²) in [7, 11) is 0. The Morgan fingerprint density at radius 3 is 2.69 bits per heavy atom. The van der Waals surface area contributed by atoms with Gasteiger partial charge in [-0.3, -0.25) is 4.79 Å². The Hall–Kier alpha value is -0.850. The summed E-state index contributed by atoms with van der Waals surface area (Å²) in [6, 6.07) is 0. The molecule has 2 aliphatic carbocycles. The number of carbonyl (C=O) groups is 1.